The number of benzene rings is 1. The van der Waals surface area contributed by atoms with Crippen LogP contribution in [0, 0.1) is 0 Å². The second-order valence-corrected chi connectivity index (χ2v) is 10.0. The summed E-state index contributed by atoms with van der Waals surface area (Å²) in [5, 5.41) is 3.94. The number of aromatic nitrogens is 2. The Bertz CT molecular complexity index is 1210. The number of nitrogens with zero attached hydrogens (tertiary/aromatic N) is 3. The molecule has 7 nitrogen and oxygen atoms in total. The van der Waals surface area contributed by atoms with Gasteiger partial charge in [0.2, 0.25) is 0 Å². The Labute approximate surface area is 197 Å². The minimum atomic E-state index is 0.00695. The molecule has 0 saturated heterocycles. The molecular weight excluding hydrogens is 436 g/mol. The molecule has 1 fully saturated rings. The first-order chi connectivity index (χ1) is 16.1. The monoisotopic (exact) mass is 466 g/mol. The third kappa shape index (κ3) is 4.49. The van der Waals surface area contributed by atoms with E-state index >= 15 is 0 Å². The van der Waals surface area contributed by atoms with Crippen molar-refractivity contribution in [1.82, 2.24) is 19.8 Å². The van der Waals surface area contributed by atoms with Gasteiger partial charge in [-0.1, -0.05) is 37.5 Å². The first-order valence-electron chi connectivity index (χ1n) is 11.8. The van der Waals surface area contributed by atoms with E-state index in [-0.39, 0.29) is 11.6 Å². The molecule has 2 aliphatic rings. The van der Waals surface area contributed by atoms with Crippen molar-refractivity contribution in [2.75, 3.05) is 13.7 Å². The van der Waals surface area contributed by atoms with Gasteiger partial charge >= 0.3 is 6.03 Å². The fourth-order valence-electron chi connectivity index (χ4n) is 5.01. The lowest BCUT2D eigenvalue weighted by Crippen LogP contribution is -2.47. The van der Waals surface area contributed by atoms with Crippen LogP contribution in [0.3, 0.4) is 0 Å². The van der Waals surface area contributed by atoms with Crippen molar-refractivity contribution in [3.8, 4) is 5.75 Å². The van der Waals surface area contributed by atoms with Gasteiger partial charge in [-0.25, -0.2) is 9.78 Å². The zero-order valence-corrected chi connectivity index (χ0v) is 19.8. The lowest BCUT2D eigenvalue weighted by molar-refractivity contribution is 0.185. The number of ether oxygens (including phenoxy) is 1. The van der Waals surface area contributed by atoms with Gasteiger partial charge in [0.25, 0.3) is 5.56 Å². The molecule has 0 atom stereocenters. The summed E-state index contributed by atoms with van der Waals surface area (Å²) < 4.78 is 7.13. The van der Waals surface area contributed by atoms with Gasteiger partial charge in [-0.2, -0.15) is 0 Å². The number of hydrogen-bond acceptors (Lipinski definition) is 5. The number of urea groups is 1. The maximum absolute atomic E-state index is 13.3. The summed E-state index contributed by atoms with van der Waals surface area (Å²) in [6, 6.07) is 8.20. The molecule has 2 amide bonds. The molecule has 0 spiro atoms. The SMILES string of the molecule is COc1ccccc1CCn1cnc2sc3c(c2c1=O)CCN(C(=O)NC1CCCCC1)C3. The fraction of sp³-hybridized carbons (Fsp3) is 0.480. The molecule has 5 rings (SSSR count). The van der Waals surface area contributed by atoms with Crippen LogP contribution in [0.4, 0.5) is 4.79 Å². The standard InChI is InChI=1S/C25H30N4O3S/c1-32-20-10-6-5-7-17(20)11-13-29-16-26-23-22(24(29)30)19-12-14-28(15-21(19)33-23)25(31)27-18-8-3-2-4-9-18/h5-7,10,16,18H,2-4,8-9,11-15H2,1H3,(H,27,31). The lowest BCUT2D eigenvalue weighted by atomic mass is 9.96. The van der Waals surface area contributed by atoms with E-state index in [9.17, 15) is 9.59 Å². The Morgan fingerprint density at radius 1 is 1.24 bits per heavy atom. The number of aryl methyl sites for hydroxylation is 2. The number of para-hydroxylation sites is 1. The first kappa shape index (κ1) is 21.9. The molecule has 174 valence electrons. The van der Waals surface area contributed by atoms with Crippen LogP contribution in [0.1, 0.15) is 48.1 Å². The van der Waals surface area contributed by atoms with E-state index in [1.165, 1.54) is 19.3 Å². The molecule has 1 aliphatic heterocycles. The first-order valence-corrected chi connectivity index (χ1v) is 12.6. The second-order valence-electron chi connectivity index (χ2n) is 8.94. The maximum Gasteiger partial charge on any atom is 0.317 e. The number of amides is 2. The molecule has 3 aromatic rings. The van der Waals surface area contributed by atoms with Crippen LogP contribution in [0.25, 0.3) is 10.2 Å². The Hall–Kier alpha value is -2.87. The predicted molar refractivity (Wildman–Crippen MR) is 130 cm³/mol. The fourth-order valence-corrected chi connectivity index (χ4v) is 6.21. The molecule has 1 aliphatic carbocycles. The predicted octanol–water partition coefficient (Wildman–Crippen LogP) is 4.11. The molecule has 3 heterocycles. The van der Waals surface area contributed by atoms with Gasteiger partial charge in [-0.05, 0) is 42.9 Å². The van der Waals surface area contributed by atoms with Gasteiger partial charge in [0.15, 0.2) is 0 Å². The van der Waals surface area contributed by atoms with Gasteiger partial charge in [0, 0.05) is 24.0 Å². The molecule has 1 saturated carbocycles. The van der Waals surface area contributed by atoms with Crippen molar-refractivity contribution < 1.29 is 9.53 Å². The quantitative estimate of drug-likeness (QED) is 0.614. The minimum Gasteiger partial charge on any atom is -0.496 e. The molecule has 0 radical (unpaired) electrons. The van der Waals surface area contributed by atoms with E-state index in [0.29, 0.717) is 38.5 Å². The average molecular weight is 467 g/mol. The molecule has 2 aromatic heterocycles. The topological polar surface area (TPSA) is 76.5 Å². The van der Waals surface area contributed by atoms with Gasteiger partial charge in [-0.3, -0.25) is 9.36 Å². The number of carbonyl (C=O) groups is 1. The minimum absolute atomic E-state index is 0.00695. The highest BCUT2D eigenvalue weighted by Crippen LogP contribution is 2.32. The van der Waals surface area contributed by atoms with E-state index in [1.54, 1.807) is 29.3 Å². The summed E-state index contributed by atoms with van der Waals surface area (Å²) >= 11 is 1.54. The highest BCUT2D eigenvalue weighted by molar-refractivity contribution is 7.18. The molecule has 0 bridgehead atoms. The normalized spacial score (nSPS) is 16.6. The molecular formula is C25H30N4O3S. The Morgan fingerprint density at radius 3 is 2.88 bits per heavy atom. The van der Waals surface area contributed by atoms with E-state index in [1.807, 2.05) is 29.2 Å². The third-order valence-electron chi connectivity index (χ3n) is 6.86. The van der Waals surface area contributed by atoms with Crippen molar-refractivity contribution >= 4 is 27.6 Å². The van der Waals surface area contributed by atoms with Gasteiger partial charge in [0.1, 0.15) is 10.6 Å². The van der Waals surface area contributed by atoms with Crippen molar-refractivity contribution in [2.45, 2.75) is 64.1 Å². The number of nitrogens with one attached hydrogen (secondary N) is 1. The van der Waals surface area contributed by atoms with E-state index in [4.69, 9.17) is 4.74 Å². The molecule has 33 heavy (non-hydrogen) atoms. The van der Waals surface area contributed by atoms with Gasteiger partial charge in [0.05, 0.1) is 25.4 Å². The van der Waals surface area contributed by atoms with E-state index < -0.39 is 0 Å². The van der Waals surface area contributed by atoms with Crippen LogP contribution in [0.2, 0.25) is 0 Å². The number of fused-ring (bicyclic) bond motifs is 3. The smallest absolute Gasteiger partial charge is 0.317 e. The molecule has 0 unspecified atom stereocenters. The number of carbonyl (C=O) groups excluding carboxylic acids is 1. The van der Waals surface area contributed by atoms with Crippen molar-refractivity contribution in [3.05, 3.63) is 57.0 Å². The van der Waals surface area contributed by atoms with Crippen LogP contribution < -0.4 is 15.6 Å². The number of thiophene rings is 1. The maximum atomic E-state index is 13.3. The van der Waals surface area contributed by atoms with Crippen LogP contribution in [0.5, 0.6) is 5.75 Å². The Balaban J connectivity index is 1.33. The van der Waals surface area contributed by atoms with E-state index in [2.05, 4.69) is 10.3 Å². The third-order valence-corrected chi connectivity index (χ3v) is 7.99. The summed E-state index contributed by atoms with van der Waals surface area (Å²) in [4.78, 5) is 34.5. The number of methoxy groups -OCH3 is 1. The lowest BCUT2D eigenvalue weighted by Gasteiger charge is -2.30. The summed E-state index contributed by atoms with van der Waals surface area (Å²) in [6.07, 6.45) is 8.85. The van der Waals surface area contributed by atoms with Crippen molar-refractivity contribution in [1.29, 1.82) is 0 Å². The highest BCUT2D eigenvalue weighted by Gasteiger charge is 2.27. The van der Waals surface area contributed by atoms with Gasteiger partial charge < -0.3 is 15.0 Å². The molecule has 1 aromatic carbocycles. The summed E-state index contributed by atoms with van der Waals surface area (Å²) in [7, 11) is 1.66. The summed E-state index contributed by atoms with van der Waals surface area (Å²) in [6.45, 7) is 1.73. The van der Waals surface area contributed by atoms with Crippen molar-refractivity contribution in [3.63, 3.8) is 0 Å². The van der Waals surface area contributed by atoms with E-state index in [0.717, 1.165) is 44.8 Å². The largest absolute Gasteiger partial charge is 0.496 e. The van der Waals surface area contributed by atoms with Crippen molar-refractivity contribution in [2.24, 2.45) is 0 Å². The highest BCUT2D eigenvalue weighted by atomic mass is 32.1. The molecule has 1 N–H and O–H groups in total. The van der Waals surface area contributed by atoms with Crippen LogP contribution >= 0.6 is 11.3 Å². The zero-order chi connectivity index (χ0) is 22.8. The Kier molecular flexibility index (Phi) is 6.35. The zero-order valence-electron chi connectivity index (χ0n) is 19.0. The van der Waals surface area contributed by atoms with Crippen LogP contribution in [-0.2, 0) is 25.9 Å². The average Bonchev–Trinajstić information content (AvgIpc) is 3.23. The summed E-state index contributed by atoms with van der Waals surface area (Å²) in [5.41, 5.74) is 2.15. The van der Waals surface area contributed by atoms with Gasteiger partial charge in [-0.15, -0.1) is 11.3 Å². The summed E-state index contributed by atoms with van der Waals surface area (Å²) in [5.74, 6) is 0.832. The number of hydrogen-bond donors (Lipinski definition) is 1. The number of rotatable bonds is 5. The Morgan fingerprint density at radius 2 is 2.06 bits per heavy atom. The van der Waals surface area contributed by atoms with Crippen LogP contribution in [-0.4, -0.2) is 40.2 Å². The molecule has 8 heteroatoms. The second kappa shape index (κ2) is 9.55. The van der Waals surface area contributed by atoms with Crippen LogP contribution in [0.15, 0.2) is 35.4 Å².